The number of rotatable bonds is 2. The van der Waals surface area contributed by atoms with Crippen molar-refractivity contribution >= 4 is 11.8 Å². The summed E-state index contributed by atoms with van der Waals surface area (Å²) in [4.78, 5) is 27.1. The van der Waals surface area contributed by atoms with Crippen molar-refractivity contribution in [3.8, 4) is 0 Å². The van der Waals surface area contributed by atoms with E-state index >= 15 is 0 Å². The van der Waals surface area contributed by atoms with Gasteiger partial charge in [-0.3, -0.25) is 19.4 Å². The number of likely N-dealkylation sites (N-methyl/N-ethyl adjacent to an activating group) is 1. The highest BCUT2D eigenvalue weighted by Gasteiger charge is 2.45. The Labute approximate surface area is 149 Å². The predicted molar refractivity (Wildman–Crippen MR) is 87.1 cm³/mol. The number of morpholine rings is 1. The zero-order valence-electron chi connectivity index (χ0n) is 14.8. The Balaban J connectivity index is 1.87. The van der Waals surface area contributed by atoms with E-state index in [2.05, 4.69) is 0 Å². The molecule has 2 heterocycles. The molecule has 26 heavy (non-hydrogen) atoms. The Bertz CT molecular complexity index is 733. The maximum atomic E-state index is 13.0. The minimum Gasteiger partial charge on any atom is -0.365 e. The molecule has 2 fully saturated rings. The zero-order valence-corrected chi connectivity index (χ0v) is 14.8. The second-order valence-corrected chi connectivity index (χ2v) is 7.43. The van der Waals surface area contributed by atoms with Gasteiger partial charge in [-0.25, -0.2) is 0 Å². The number of alkyl halides is 3. The van der Waals surface area contributed by atoms with Crippen LogP contribution in [0.2, 0.25) is 0 Å². The van der Waals surface area contributed by atoms with Gasteiger partial charge in [-0.15, -0.1) is 0 Å². The number of carbonyl (C=O) groups is 2. The summed E-state index contributed by atoms with van der Waals surface area (Å²) in [6.07, 6.45) is -4.97. The first-order valence-electron chi connectivity index (χ1n) is 8.37. The molecule has 2 aliphatic rings. The number of likely N-dealkylation sites (tertiary alicyclic amines) is 1. The lowest BCUT2D eigenvalue weighted by atomic mass is 9.98. The number of carbonyl (C=O) groups excluding carboxylic acids is 2. The Morgan fingerprint density at radius 2 is 1.92 bits per heavy atom. The topological polar surface area (TPSA) is 49.9 Å². The molecular formula is C18H21F3N2O3. The minimum absolute atomic E-state index is 0.0841. The van der Waals surface area contributed by atoms with Crippen LogP contribution in [0.3, 0.4) is 0 Å². The van der Waals surface area contributed by atoms with Crippen molar-refractivity contribution in [2.24, 2.45) is 0 Å². The number of imide groups is 1. The van der Waals surface area contributed by atoms with Crippen LogP contribution in [0.4, 0.5) is 13.2 Å². The van der Waals surface area contributed by atoms with E-state index in [9.17, 15) is 22.8 Å². The summed E-state index contributed by atoms with van der Waals surface area (Å²) in [6.45, 7) is 4.32. The maximum absolute atomic E-state index is 13.0. The van der Waals surface area contributed by atoms with Gasteiger partial charge in [-0.2, -0.15) is 13.2 Å². The molecule has 5 nitrogen and oxygen atoms in total. The molecule has 0 aliphatic carbocycles. The van der Waals surface area contributed by atoms with Crippen LogP contribution in [0.1, 0.15) is 37.5 Å². The SMILES string of the molecule is CN1C(=O)CC(N2CC(c3cccc(C(F)(F)F)c3)OC(C)(C)C2)C1=O. The van der Waals surface area contributed by atoms with Crippen LogP contribution in [0.5, 0.6) is 0 Å². The highest BCUT2D eigenvalue weighted by atomic mass is 19.4. The largest absolute Gasteiger partial charge is 0.416 e. The molecule has 2 amide bonds. The number of nitrogens with zero attached hydrogens (tertiary/aromatic N) is 2. The Morgan fingerprint density at radius 3 is 2.50 bits per heavy atom. The maximum Gasteiger partial charge on any atom is 0.416 e. The number of hydrogen-bond donors (Lipinski definition) is 0. The van der Waals surface area contributed by atoms with Gasteiger partial charge in [0.2, 0.25) is 11.8 Å². The van der Waals surface area contributed by atoms with Gasteiger partial charge in [-0.1, -0.05) is 12.1 Å². The van der Waals surface area contributed by atoms with Gasteiger partial charge in [0.05, 0.1) is 29.7 Å². The minimum atomic E-state index is -4.43. The summed E-state index contributed by atoms with van der Waals surface area (Å²) in [7, 11) is 1.44. The fourth-order valence-corrected chi connectivity index (χ4v) is 3.57. The number of hydrogen-bond acceptors (Lipinski definition) is 4. The van der Waals surface area contributed by atoms with Crippen LogP contribution >= 0.6 is 0 Å². The molecule has 1 aromatic carbocycles. The Kier molecular flexibility index (Phi) is 4.60. The van der Waals surface area contributed by atoms with Crippen molar-refractivity contribution in [3.05, 3.63) is 35.4 Å². The van der Waals surface area contributed by atoms with Crippen molar-refractivity contribution in [1.29, 1.82) is 0 Å². The molecule has 142 valence electrons. The lowest BCUT2D eigenvalue weighted by Crippen LogP contribution is -2.54. The Morgan fingerprint density at radius 1 is 1.23 bits per heavy atom. The van der Waals surface area contributed by atoms with E-state index in [1.165, 1.54) is 13.1 Å². The summed E-state index contributed by atoms with van der Waals surface area (Å²) < 4.78 is 45.0. The molecule has 0 N–H and O–H groups in total. The van der Waals surface area contributed by atoms with Crippen LogP contribution < -0.4 is 0 Å². The van der Waals surface area contributed by atoms with Crippen LogP contribution in [-0.4, -0.2) is 53.4 Å². The van der Waals surface area contributed by atoms with Gasteiger partial charge in [0.25, 0.3) is 0 Å². The third-order valence-electron chi connectivity index (χ3n) is 4.83. The van der Waals surface area contributed by atoms with Crippen molar-refractivity contribution in [2.45, 2.75) is 44.2 Å². The molecule has 0 spiro atoms. The third-order valence-corrected chi connectivity index (χ3v) is 4.83. The average Bonchev–Trinajstić information content (AvgIpc) is 2.80. The number of amides is 2. The first kappa shape index (κ1) is 18.8. The first-order chi connectivity index (χ1) is 12.0. The molecular weight excluding hydrogens is 349 g/mol. The third kappa shape index (κ3) is 3.61. The summed E-state index contributed by atoms with van der Waals surface area (Å²) in [5.41, 5.74) is -0.995. The van der Waals surface area contributed by atoms with Crippen molar-refractivity contribution in [1.82, 2.24) is 9.80 Å². The number of ether oxygens (including phenoxy) is 1. The lowest BCUT2D eigenvalue weighted by Gasteiger charge is -2.44. The highest BCUT2D eigenvalue weighted by Crippen LogP contribution is 2.36. The van der Waals surface area contributed by atoms with Crippen LogP contribution in [0.15, 0.2) is 24.3 Å². The fourth-order valence-electron chi connectivity index (χ4n) is 3.57. The zero-order chi connectivity index (χ0) is 19.3. The van der Waals surface area contributed by atoms with E-state index < -0.39 is 29.5 Å². The fraction of sp³-hybridized carbons (Fsp3) is 0.556. The predicted octanol–water partition coefficient (Wildman–Crippen LogP) is 2.61. The van der Waals surface area contributed by atoms with E-state index in [4.69, 9.17) is 4.74 Å². The molecule has 0 bridgehead atoms. The second kappa shape index (κ2) is 6.35. The quantitative estimate of drug-likeness (QED) is 0.751. The Hall–Kier alpha value is -1.93. The van der Waals surface area contributed by atoms with E-state index in [0.717, 1.165) is 17.0 Å². The monoisotopic (exact) mass is 370 g/mol. The van der Waals surface area contributed by atoms with E-state index in [0.29, 0.717) is 12.1 Å². The van der Waals surface area contributed by atoms with Gasteiger partial charge in [0.15, 0.2) is 0 Å². The molecule has 2 atom stereocenters. The average molecular weight is 370 g/mol. The van der Waals surface area contributed by atoms with Crippen LogP contribution in [0.25, 0.3) is 0 Å². The van der Waals surface area contributed by atoms with Gasteiger partial charge in [0.1, 0.15) is 0 Å². The first-order valence-corrected chi connectivity index (χ1v) is 8.37. The van der Waals surface area contributed by atoms with Crippen LogP contribution in [-0.2, 0) is 20.5 Å². The van der Waals surface area contributed by atoms with Crippen molar-refractivity contribution < 1.29 is 27.5 Å². The van der Waals surface area contributed by atoms with Crippen LogP contribution in [0, 0.1) is 0 Å². The van der Waals surface area contributed by atoms with Gasteiger partial charge in [-0.05, 0) is 31.5 Å². The number of halogens is 3. The highest BCUT2D eigenvalue weighted by molar-refractivity contribution is 6.05. The molecule has 2 saturated heterocycles. The summed E-state index contributed by atoms with van der Waals surface area (Å²) in [6, 6.07) is 4.45. The molecule has 0 aromatic heterocycles. The normalized spacial score (nSPS) is 27.2. The molecule has 2 unspecified atom stereocenters. The van der Waals surface area contributed by atoms with E-state index in [1.54, 1.807) is 6.07 Å². The molecule has 8 heteroatoms. The van der Waals surface area contributed by atoms with Gasteiger partial charge < -0.3 is 4.74 Å². The molecule has 2 aliphatic heterocycles. The van der Waals surface area contributed by atoms with Gasteiger partial charge in [0, 0.05) is 20.1 Å². The van der Waals surface area contributed by atoms with Crippen molar-refractivity contribution in [3.63, 3.8) is 0 Å². The summed E-state index contributed by atoms with van der Waals surface area (Å²) >= 11 is 0. The summed E-state index contributed by atoms with van der Waals surface area (Å²) in [5.74, 6) is -0.532. The van der Waals surface area contributed by atoms with Gasteiger partial charge >= 0.3 is 6.18 Å². The smallest absolute Gasteiger partial charge is 0.365 e. The standard InChI is InChI=1S/C18H21F3N2O3/c1-17(2)10-23(13-8-15(24)22(3)16(13)25)9-14(26-17)11-5-4-6-12(7-11)18(19,20)21/h4-7,13-14H,8-10H2,1-3H3. The van der Waals surface area contributed by atoms with Crippen molar-refractivity contribution in [2.75, 3.05) is 20.1 Å². The number of benzene rings is 1. The summed E-state index contributed by atoms with van der Waals surface area (Å²) in [5, 5.41) is 0. The second-order valence-electron chi connectivity index (χ2n) is 7.43. The van der Waals surface area contributed by atoms with E-state index in [1.807, 2.05) is 18.7 Å². The lowest BCUT2D eigenvalue weighted by molar-refractivity contribution is -0.155. The molecule has 0 saturated carbocycles. The molecule has 1 aromatic rings. The van der Waals surface area contributed by atoms with E-state index in [-0.39, 0.29) is 24.8 Å². The molecule has 3 rings (SSSR count). The molecule has 0 radical (unpaired) electrons.